The first-order chi connectivity index (χ1) is 20.2. The monoisotopic (exact) mass is 628 g/mol. The number of benzene rings is 2. The summed E-state index contributed by atoms with van der Waals surface area (Å²) in [5, 5.41) is 7.82. The molecule has 1 amide bonds. The Bertz CT molecular complexity index is 1980. The molecule has 0 bridgehead atoms. The molecule has 0 atom stereocenters. The lowest BCUT2D eigenvalue weighted by Gasteiger charge is -2.11. The van der Waals surface area contributed by atoms with Crippen molar-refractivity contribution in [1.82, 2.24) is 9.78 Å². The highest BCUT2D eigenvalue weighted by molar-refractivity contribution is 7.86. The summed E-state index contributed by atoms with van der Waals surface area (Å²) in [7, 11) is -8.84. The maximum atomic E-state index is 13.1. The topological polar surface area (TPSA) is 205 Å². The summed E-state index contributed by atoms with van der Waals surface area (Å²) in [6, 6.07) is 9.67. The number of anilines is 1. The number of hydrazone groups is 1. The lowest BCUT2D eigenvalue weighted by atomic mass is 10.1. The third-order valence-electron chi connectivity index (χ3n) is 5.98. The predicted octanol–water partition coefficient (Wildman–Crippen LogP) is 2.43. The van der Waals surface area contributed by atoms with E-state index >= 15 is 0 Å². The molecule has 0 saturated carbocycles. The largest absolute Gasteiger partial charge is 0.461 e. The molecule has 14 nitrogen and oxygen atoms in total. The number of nitrogens with one attached hydrogen (secondary N) is 1. The number of amides is 1. The van der Waals surface area contributed by atoms with Gasteiger partial charge in [0.05, 0.1) is 38.9 Å². The van der Waals surface area contributed by atoms with Crippen LogP contribution in [0.25, 0.3) is 11.8 Å². The molecule has 3 N–H and O–H groups in total. The number of ether oxygens (including phenoxy) is 1. The van der Waals surface area contributed by atoms with E-state index in [-0.39, 0.29) is 33.4 Å². The second kappa shape index (κ2) is 12.1. The molecule has 1 aromatic heterocycles. The zero-order chi connectivity index (χ0) is 31.5. The highest BCUT2D eigenvalue weighted by Gasteiger charge is 2.35. The van der Waals surface area contributed by atoms with Crippen molar-refractivity contribution in [2.75, 3.05) is 11.6 Å². The second-order valence-electron chi connectivity index (χ2n) is 8.84. The van der Waals surface area contributed by atoms with Crippen molar-refractivity contribution >= 4 is 49.6 Å². The number of aryl methyl sites for hydroxylation is 1. The number of hydrogen-bond donors (Lipinski definition) is 3. The van der Waals surface area contributed by atoms with Crippen molar-refractivity contribution in [3.8, 4) is 5.69 Å². The fourth-order valence-electron chi connectivity index (χ4n) is 3.92. The maximum Gasteiger partial charge on any atom is 0.359 e. The van der Waals surface area contributed by atoms with E-state index in [1.807, 2.05) is 0 Å². The van der Waals surface area contributed by atoms with E-state index < -0.39 is 37.7 Å². The van der Waals surface area contributed by atoms with E-state index in [9.17, 15) is 35.8 Å². The smallest absolute Gasteiger partial charge is 0.359 e. The zero-order valence-corrected chi connectivity index (χ0v) is 24.2. The average molecular weight is 629 g/mol. The standard InChI is InChI=1S/C27H24N4O10S2/c1-3-41-27(34)24-23(26(33)31(29-24)19-11-15-21(16-12-19)43(38,39)40)8-6-4-5-7-22-17(2)28-30(25(22)32)18-9-13-20(14-10-18)42(35,36)37/h4-16,28H,3H2,1-2H3,(H,35,36,37)(H,38,39,40). The van der Waals surface area contributed by atoms with Gasteiger partial charge in [-0.2, -0.15) is 26.9 Å². The van der Waals surface area contributed by atoms with Crippen LogP contribution in [0.5, 0.6) is 0 Å². The summed E-state index contributed by atoms with van der Waals surface area (Å²) in [5.74, 6) is -1.54. The molecule has 4 rings (SSSR count). The molecular weight excluding hydrogens is 604 g/mol. The molecule has 16 heteroatoms. The first kappa shape index (κ1) is 31.0. The Morgan fingerprint density at radius 2 is 1.47 bits per heavy atom. The summed E-state index contributed by atoms with van der Waals surface area (Å²) in [4.78, 5) is 37.8. The molecule has 3 aromatic rings. The Labute approximate surface area is 245 Å². The van der Waals surface area contributed by atoms with Crippen LogP contribution in [-0.4, -0.2) is 59.9 Å². The lowest BCUT2D eigenvalue weighted by molar-refractivity contribution is -0.135. The molecule has 0 fully saturated rings. The van der Waals surface area contributed by atoms with Gasteiger partial charge in [0.15, 0.2) is 5.71 Å². The number of esters is 1. The number of H-pyrrole nitrogens is 1. The molecule has 0 spiro atoms. The molecule has 2 heterocycles. The molecule has 43 heavy (non-hydrogen) atoms. The van der Waals surface area contributed by atoms with Crippen LogP contribution in [-0.2, 0) is 34.6 Å². The summed E-state index contributed by atoms with van der Waals surface area (Å²) in [5.41, 5.74) is 0.464. The summed E-state index contributed by atoms with van der Waals surface area (Å²) >= 11 is 0. The normalized spacial score (nSPS) is 15.2. The third kappa shape index (κ3) is 6.78. The van der Waals surface area contributed by atoms with Crippen molar-refractivity contribution in [3.63, 3.8) is 0 Å². The molecule has 0 aliphatic carbocycles. The number of aromatic amines is 1. The molecular formula is C27H24N4O10S2. The van der Waals surface area contributed by atoms with Crippen LogP contribution in [0.15, 0.2) is 98.1 Å². The molecule has 0 unspecified atom stereocenters. The quantitative estimate of drug-likeness (QED) is 0.137. The minimum absolute atomic E-state index is 0.0270. The van der Waals surface area contributed by atoms with Gasteiger partial charge in [-0.3, -0.25) is 23.8 Å². The summed E-state index contributed by atoms with van der Waals surface area (Å²) < 4.78 is 69.7. The fourth-order valence-corrected chi connectivity index (χ4v) is 4.88. The number of carbonyl (C=O) groups excluding carboxylic acids is 2. The van der Waals surface area contributed by atoms with Gasteiger partial charge in [-0.25, -0.2) is 9.48 Å². The molecule has 1 aliphatic heterocycles. The number of aromatic nitrogens is 2. The second-order valence-corrected chi connectivity index (χ2v) is 11.7. The lowest BCUT2D eigenvalue weighted by Crippen LogP contribution is -2.22. The fraction of sp³-hybridized carbons (Fsp3) is 0.111. The van der Waals surface area contributed by atoms with Crippen molar-refractivity contribution in [2.24, 2.45) is 5.10 Å². The number of allylic oxidation sites excluding steroid dienone is 4. The van der Waals surface area contributed by atoms with Crippen molar-refractivity contribution < 1.29 is 40.3 Å². The van der Waals surface area contributed by atoms with Gasteiger partial charge in [-0.05, 0) is 74.5 Å². The Kier molecular flexibility index (Phi) is 8.77. The van der Waals surface area contributed by atoms with Gasteiger partial charge in [-0.1, -0.05) is 18.2 Å². The van der Waals surface area contributed by atoms with Crippen LogP contribution in [0.1, 0.15) is 18.2 Å². The SMILES string of the molecule is CCOC(=O)C1=NN(c2ccc(S(=O)(=O)O)cc2)C(=O)C1=CC=CC=Cc1c(C)[nH]n(-c2ccc(S(=O)(=O)O)cc2)c1=O. The van der Waals surface area contributed by atoms with E-state index in [0.29, 0.717) is 16.9 Å². The van der Waals surface area contributed by atoms with Crippen LogP contribution in [0.3, 0.4) is 0 Å². The first-order valence-electron chi connectivity index (χ1n) is 12.3. The highest BCUT2D eigenvalue weighted by Crippen LogP contribution is 2.25. The van der Waals surface area contributed by atoms with Gasteiger partial charge in [0, 0.05) is 5.69 Å². The Morgan fingerprint density at radius 3 is 2.00 bits per heavy atom. The van der Waals surface area contributed by atoms with Crippen LogP contribution >= 0.6 is 0 Å². The molecule has 224 valence electrons. The zero-order valence-electron chi connectivity index (χ0n) is 22.5. The average Bonchev–Trinajstić information content (AvgIpc) is 3.43. The number of hydrogen-bond acceptors (Lipinski definition) is 9. The van der Waals surface area contributed by atoms with E-state index in [2.05, 4.69) is 10.2 Å². The maximum absolute atomic E-state index is 13.1. The number of rotatable bonds is 9. The van der Waals surface area contributed by atoms with Crippen molar-refractivity contribution in [1.29, 1.82) is 0 Å². The van der Waals surface area contributed by atoms with Crippen LogP contribution < -0.4 is 10.6 Å². The number of nitrogens with zero attached hydrogens (tertiary/aromatic N) is 3. The van der Waals surface area contributed by atoms with Gasteiger partial charge in [0.1, 0.15) is 0 Å². The minimum Gasteiger partial charge on any atom is -0.461 e. The van der Waals surface area contributed by atoms with Gasteiger partial charge in [0.25, 0.3) is 31.7 Å². The molecule has 2 aromatic carbocycles. The Balaban J connectivity index is 1.57. The highest BCUT2D eigenvalue weighted by atomic mass is 32.2. The Morgan fingerprint density at radius 1 is 0.907 bits per heavy atom. The minimum atomic E-state index is -4.45. The van der Waals surface area contributed by atoms with Crippen LogP contribution in [0.4, 0.5) is 5.69 Å². The third-order valence-corrected chi connectivity index (χ3v) is 7.72. The van der Waals surface area contributed by atoms with E-state index in [0.717, 1.165) is 29.3 Å². The first-order valence-corrected chi connectivity index (χ1v) is 15.2. The molecule has 1 aliphatic rings. The number of carbonyl (C=O) groups is 2. The van der Waals surface area contributed by atoms with Gasteiger partial charge < -0.3 is 4.74 Å². The van der Waals surface area contributed by atoms with Gasteiger partial charge >= 0.3 is 5.97 Å². The predicted molar refractivity (Wildman–Crippen MR) is 155 cm³/mol. The van der Waals surface area contributed by atoms with Crippen molar-refractivity contribution in [2.45, 2.75) is 23.6 Å². The Hall–Kier alpha value is -4.90. The van der Waals surface area contributed by atoms with E-state index in [4.69, 9.17) is 9.29 Å². The molecule has 0 saturated heterocycles. The molecule has 0 radical (unpaired) electrons. The van der Waals surface area contributed by atoms with E-state index in [1.165, 1.54) is 59.3 Å². The summed E-state index contributed by atoms with van der Waals surface area (Å²) in [6.45, 7) is 3.27. The van der Waals surface area contributed by atoms with Crippen molar-refractivity contribution in [3.05, 3.63) is 100 Å². The van der Waals surface area contributed by atoms with Gasteiger partial charge in [-0.15, -0.1) is 0 Å². The van der Waals surface area contributed by atoms with Crippen LogP contribution in [0, 0.1) is 6.92 Å². The van der Waals surface area contributed by atoms with Crippen LogP contribution in [0.2, 0.25) is 0 Å². The summed E-state index contributed by atoms with van der Waals surface area (Å²) in [6.07, 6.45) is 7.30. The van der Waals surface area contributed by atoms with E-state index in [1.54, 1.807) is 13.8 Å². The van der Waals surface area contributed by atoms with Gasteiger partial charge in [0.2, 0.25) is 0 Å².